The SMILES string of the molecule is COc1ccc(CCC(=O)N2[C@H]3CC[C@H]2COC3)cc1. The van der Waals surface area contributed by atoms with Crippen molar-refractivity contribution in [3.63, 3.8) is 0 Å². The topological polar surface area (TPSA) is 38.8 Å². The lowest BCUT2D eigenvalue weighted by molar-refractivity contribution is -0.140. The largest absolute Gasteiger partial charge is 0.497 e. The van der Waals surface area contributed by atoms with Gasteiger partial charge in [-0.25, -0.2) is 0 Å². The van der Waals surface area contributed by atoms with E-state index in [4.69, 9.17) is 9.47 Å². The molecule has 0 unspecified atom stereocenters. The molecule has 1 aromatic rings. The van der Waals surface area contributed by atoms with Gasteiger partial charge in [0, 0.05) is 6.42 Å². The number of fused-ring (bicyclic) bond motifs is 2. The van der Waals surface area contributed by atoms with Gasteiger partial charge in [-0.05, 0) is 37.0 Å². The molecule has 0 saturated carbocycles. The molecule has 108 valence electrons. The molecule has 2 atom stereocenters. The molecule has 2 aliphatic heterocycles. The zero-order chi connectivity index (χ0) is 13.9. The van der Waals surface area contributed by atoms with Crippen molar-refractivity contribution in [2.75, 3.05) is 20.3 Å². The number of methoxy groups -OCH3 is 1. The molecule has 0 radical (unpaired) electrons. The first-order valence-corrected chi connectivity index (χ1v) is 7.30. The van der Waals surface area contributed by atoms with E-state index in [1.54, 1.807) is 7.11 Å². The van der Waals surface area contributed by atoms with E-state index in [0.29, 0.717) is 31.7 Å². The summed E-state index contributed by atoms with van der Waals surface area (Å²) in [5, 5.41) is 0. The third kappa shape index (κ3) is 2.66. The molecular formula is C16H21NO3. The highest BCUT2D eigenvalue weighted by Crippen LogP contribution is 2.29. The van der Waals surface area contributed by atoms with Crippen LogP contribution in [0.4, 0.5) is 0 Å². The first-order valence-electron chi connectivity index (χ1n) is 7.30. The molecule has 0 spiro atoms. The molecule has 20 heavy (non-hydrogen) atoms. The predicted molar refractivity (Wildman–Crippen MR) is 75.8 cm³/mol. The van der Waals surface area contributed by atoms with Crippen molar-refractivity contribution in [2.45, 2.75) is 37.8 Å². The van der Waals surface area contributed by atoms with E-state index in [1.807, 2.05) is 24.3 Å². The van der Waals surface area contributed by atoms with E-state index in [9.17, 15) is 4.79 Å². The van der Waals surface area contributed by atoms with Crippen LogP contribution in [-0.2, 0) is 16.0 Å². The van der Waals surface area contributed by atoms with Gasteiger partial charge in [0.05, 0.1) is 32.4 Å². The maximum Gasteiger partial charge on any atom is 0.223 e. The summed E-state index contributed by atoms with van der Waals surface area (Å²) in [6, 6.07) is 8.57. The molecule has 2 aliphatic rings. The number of morpholine rings is 1. The van der Waals surface area contributed by atoms with Crippen LogP contribution in [-0.4, -0.2) is 43.2 Å². The molecule has 0 N–H and O–H groups in total. The minimum absolute atomic E-state index is 0.275. The molecule has 2 bridgehead atoms. The van der Waals surface area contributed by atoms with Crippen LogP contribution in [0.2, 0.25) is 0 Å². The van der Waals surface area contributed by atoms with E-state index in [0.717, 1.165) is 25.0 Å². The van der Waals surface area contributed by atoms with Gasteiger partial charge in [0.15, 0.2) is 0 Å². The molecule has 4 heteroatoms. The van der Waals surface area contributed by atoms with Crippen molar-refractivity contribution in [3.05, 3.63) is 29.8 Å². The lowest BCUT2D eigenvalue weighted by Gasteiger charge is -2.34. The van der Waals surface area contributed by atoms with Gasteiger partial charge >= 0.3 is 0 Å². The Morgan fingerprint density at radius 3 is 2.50 bits per heavy atom. The van der Waals surface area contributed by atoms with Crippen LogP contribution >= 0.6 is 0 Å². The van der Waals surface area contributed by atoms with E-state index in [2.05, 4.69) is 4.90 Å². The number of benzene rings is 1. The average Bonchev–Trinajstić information content (AvgIpc) is 2.75. The Labute approximate surface area is 119 Å². The molecular weight excluding hydrogens is 254 g/mol. The van der Waals surface area contributed by atoms with Crippen molar-refractivity contribution in [3.8, 4) is 5.75 Å². The highest BCUT2D eigenvalue weighted by Gasteiger charge is 2.39. The normalized spacial score (nSPS) is 24.8. The number of hydrogen-bond donors (Lipinski definition) is 0. The Morgan fingerprint density at radius 1 is 1.25 bits per heavy atom. The highest BCUT2D eigenvalue weighted by atomic mass is 16.5. The molecule has 3 rings (SSSR count). The number of ether oxygens (including phenoxy) is 2. The number of rotatable bonds is 4. The Kier molecular flexibility index (Phi) is 3.92. The lowest BCUT2D eigenvalue weighted by Crippen LogP contribution is -2.49. The molecule has 2 fully saturated rings. The van der Waals surface area contributed by atoms with E-state index in [1.165, 1.54) is 5.56 Å². The lowest BCUT2D eigenvalue weighted by atomic mass is 10.1. The van der Waals surface area contributed by atoms with Gasteiger partial charge in [-0.1, -0.05) is 12.1 Å². The summed E-state index contributed by atoms with van der Waals surface area (Å²) >= 11 is 0. The van der Waals surface area contributed by atoms with Crippen LogP contribution in [0.15, 0.2) is 24.3 Å². The Balaban J connectivity index is 1.56. The molecule has 4 nitrogen and oxygen atoms in total. The molecule has 2 saturated heterocycles. The van der Waals surface area contributed by atoms with Crippen LogP contribution in [0.3, 0.4) is 0 Å². The number of amides is 1. The van der Waals surface area contributed by atoms with Gasteiger partial charge in [0.2, 0.25) is 5.91 Å². The second kappa shape index (κ2) is 5.83. The minimum Gasteiger partial charge on any atom is -0.497 e. The summed E-state index contributed by atoms with van der Waals surface area (Å²) < 4.78 is 10.7. The Bertz CT molecular complexity index is 455. The smallest absolute Gasteiger partial charge is 0.223 e. The number of nitrogens with zero attached hydrogens (tertiary/aromatic N) is 1. The van der Waals surface area contributed by atoms with Gasteiger partial charge in [0.25, 0.3) is 0 Å². The summed E-state index contributed by atoms with van der Waals surface area (Å²) in [4.78, 5) is 14.5. The fourth-order valence-electron chi connectivity index (χ4n) is 3.21. The van der Waals surface area contributed by atoms with Gasteiger partial charge < -0.3 is 14.4 Å². The molecule has 1 amide bonds. The summed E-state index contributed by atoms with van der Waals surface area (Å²) in [6.45, 7) is 1.43. The van der Waals surface area contributed by atoms with Gasteiger partial charge in [0.1, 0.15) is 5.75 Å². The summed E-state index contributed by atoms with van der Waals surface area (Å²) in [6.07, 6.45) is 3.57. The average molecular weight is 275 g/mol. The highest BCUT2D eigenvalue weighted by molar-refractivity contribution is 5.77. The quantitative estimate of drug-likeness (QED) is 0.844. The summed E-state index contributed by atoms with van der Waals surface area (Å²) in [5.41, 5.74) is 1.18. The van der Waals surface area contributed by atoms with Gasteiger partial charge in [-0.3, -0.25) is 4.79 Å². The second-order valence-electron chi connectivity index (χ2n) is 5.57. The van der Waals surface area contributed by atoms with Crippen LogP contribution < -0.4 is 4.74 Å². The number of aryl methyl sites for hydroxylation is 1. The standard InChI is InChI=1S/C16H21NO3/c1-19-15-7-2-12(3-8-15)4-9-16(18)17-13-5-6-14(17)11-20-10-13/h2-3,7-8,13-14H,4-6,9-11H2,1H3/t13-,14-/m0/s1. The number of carbonyl (C=O) groups is 1. The first kappa shape index (κ1) is 13.4. The van der Waals surface area contributed by atoms with Crippen molar-refractivity contribution in [1.29, 1.82) is 0 Å². The molecule has 0 aliphatic carbocycles. The van der Waals surface area contributed by atoms with Crippen LogP contribution in [0.1, 0.15) is 24.8 Å². The fourth-order valence-corrected chi connectivity index (χ4v) is 3.21. The number of hydrogen-bond acceptors (Lipinski definition) is 3. The third-order valence-corrected chi connectivity index (χ3v) is 4.31. The van der Waals surface area contributed by atoms with E-state index >= 15 is 0 Å². The van der Waals surface area contributed by atoms with Crippen molar-refractivity contribution in [2.24, 2.45) is 0 Å². The summed E-state index contributed by atoms with van der Waals surface area (Å²) in [5.74, 6) is 1.13. The molecule has 2 heterocycles. The molecule has 1 aromatic carbocycles. The Morgan fingerprint density at radius 2 is 1.90 bits per heavy atom. The van der Waals surface area contributed by atoms with Crippen LogP contribution in [0, 0.1) is 0 Å². The van der Waals surface area contributed by atoms with Crippen LogP contribution in [0.25, 0.3) is 0 Å². The maximum absolute atomic E-state index is 12.4. The predicted octanol–water partition coefficient (Wildman–Crippen LogP) is 2.02. The van der Waals surface area contributed by atoms with Crippen molar-refractivity contribution in [1.82, 2.24) is 4.90 Å². The minimum atomic E-state index is 0.275. The third-order valence-electron chi connectivity index (χ3n) is 4.31. The van der Waals surface area contributed by atoms with Crippen LogP contribution in [0.5, 0.6) is 5.75 Å². The van der Waals surface area contributed by atoms with Gasteiger partial charge in [-0.2, -0.15) is 0 Å². The summed E-state index contributed by atoms with van der Waals surface area (Å²) in [7, 11) is 1.66. The van der Waals surface area contributed by atoms with E-state index in [-0.39, 0.29) is 5.91 Å². The zero-order valence-corrected chi connectivity index (χ0v) is 11.9. The molecule has 0 aromatic heterocycles. The van der Waals surface area contributed by atoms with Crippen molar-refractivity contribution >= 4 is 5.91 Å². The van der Waals surface area contributed by atoms with E-state index < -0.39 is 0 Å². The zero-order valence-electron chi connectivity index (χ0n) is 11.9. The van der Waals surface area contributed by atoms with Crippen molar-refractivity contribution < 1.29 is 14.3 Å². The fraction of sp³-hybridized carbons (Fsp3) is 0.562. The Hall–Kier alpha value is -1.55. The first-order chi connectivity index (χ1) is 9.78. The number of carbonyl (C=O) groups excluding carboxylic acids is 1. The second-order valence-corrected chi connectivity index (χ2v) is 5.57. The monoisotopic (exact) mass is 275 g/mol. The van der Waals surface area contributed by atoms with Gasteiger partial charge in [-0.15, -0.1) is 0 Å². The maximum atomic E-state index is 12.4.